The third kappa shape index (κ3) is 2.28. The van der Waals surface area contributed by atoms with Gasteiger partial charge in [-0.2, -0.15) is 0 Å². The highest BCUT2D eigenvalue weighted by atomic mass is 32.1. The molecule has 1 aromatic rings. The Kier molecular flexibility index (Phi) is 3.57. The predicted octanol–water partition coefficient (Wildman–Crippen LogP) is 3.14. The van der Waals surface area contributed by atoms with Crippen molar-refractivity contribution >= 4 is 16.5 Å². The van der Waals surface area contributed by atoms with Gasteiger partial charge in [0.05, 0.1) is 11.8 Å². The van der Waals surface area contributed by atoms with E-state index in [1.807, 2.05) is 11.3 Å². The van der Waals surface area contributed by atoms with Gasteiger partial charge in [-0.1, -0.05) is 13.3 Å². The van der Waals surface area contributed by atoms with Crippen LogP contribution in [0.3, 0.4) is 0 Å². The Morgan fingerprint density at radius 2 is 2.11 bits per heavy atom. The molecule has 1 fully saturated rings. The zero-order chi connectivity index (χ0) is 12.5. The van der Waals surface area contributed by atoms with E-state index in [4.69, 9.17) is 4.98 Å². The van der Waals surface area contributed by atoms with E-state index in [0.717, 1.165) is 49.1 Å². The molecule has 3 rings (SSSR count). The normalized spacial score (nSPS) is 25.2. The summed E-state index contributed by atoms with van der Waals surface area (Å²) in [6, 6.07) is 0. The van der Waals surface area contributed by atoms with E-state index in [9.17, 15) is 5.11 Å². The quantitative estimate of drug-likeness (QED) is 0.893. The van der Waals surface area contributed by atoms with Crippen LogP contribution in [0.5, 0.6) is 0 Å². The van der Waals surface area contributed by atoms with E-state index in [0.29, 0.717) is 0 Å². The Bertz CT molecular complexity index is 410. The summed E-state index contributed by atoms with van der Waals surface area (Å²) in [7, 11) is 0. The average molecular weight is 266 g/mol. The minimum absolute atomic E-state index is 0.313. The Morgan fingerprint density at radius 3 is 2.78 bits per heavy atom. The molecule has 2 aliphatic rings. The molecule has 4 heteroatoms. The van der Waals surface area contributed by atoms with E-state index in [2.05, 4.69) is 11.8 Å². The second-order valence-electron chi connectivity index (χ2n) is 5.55. The number of aryl methyl sites for hydroxylation is 1. The van der Waals surface area contributed by atoms with Crippen molar-refractivity contribution < 1.29 is 5.11 Å². The van der Waals surface area contributed by atoms with Gasteiger partial charge in [-0.15, -0.1) is 11.3 Å². The molecule has 0 aromatic carbocycles. The first kappa shape index (κ1) is 12.4. The molecular weight excluding hydrogens is 244 g/mol. The number of aromatic nitrogens is 1. The first-order valence-electron chi connectivity index (χ1n) is 7.20. The van der Waals surface area contributed by atoms with Crippen LogP contribution in [0.2, 0.25) is 0 Å². The van der Waals surface area contributed by atoms with Crippen molar-refractivity contribution in [2.45, 2.75) is 51.6 Å². The highest BCUT2D eigenvalue weighted by Gasteiger charge is 2.26. The van der Waals surface area contributed by atoms with Crippen LogP contribution in [0.4, 0.5) is 5.13 Å². The van der Waals surface area contributed by atoms with Crippen LogP contribution in [0.1, 0.15) is 55.7 Å². The molecule has 1 N–H and O–H groups in total. The number of aliphatic hydroxyl groups excluding tert-OH is 1. The van der Waals surface area contributed by atoms with Crippen LogP contribution in [0, 0.1) is 5.92 Å². The second-order valence-corrected chi connectivity index (χ2v) is 6.61. The molecule has 1 atom stereocenters. The molecule has 1 aliphatic heterocycles. The van der Waals surface area contributed by atoms with Crippen molar-refractivity contribution in [1.29, 1.82) is 0 Å². The number of nitrogens with zero attached hydrogens (tertiary/aromatic N) is 2. The van der Waals surface area contributed by atoms with Gasteiger partial charge < -0.3 is 10.0 Å². The number of thiazole rings is 1. The fourth-order valence-corrected chi connectivity index (χ4v) is 4.26. The number of hydrogen-bond acceptors (Lipinski definition) is 4. The highest BCUT2D eigenvalue weighted by Crippen LogP contribution is 2.37. The molecule has 1 unspecified atom stereocenters. The number of anilines is 1. The summed E-state index contributed by atoms with van der Waals surface area (Å²) in [5, 5.41) is 11.1. The van der Waals surface area contributed by atoms with Gasteiger partial charge >= 0.3 is 0 Å². The average Bonchev–Trinajstić information content (AvgIpc) is 2.84. The lowest BCUT2D eigenvalue weighted by molar-refractivity contribution is 0.153. The van der Waals surface area contributed by atoms with Gasteiger partial charge in [-0.25, -0.2) is 4.98 Å². The van der Waals surface area contributed by atoms with Gasteiger partial charge in [-0.3, -0.25) is 0 Å². The van der Waals surface area contributed by atoms with Crippen LogP contribution < -0.4 is 4.90 Å². The molecule has 100 valence electrons. The predicted molar refractivity (Wildman–Crippen MR) is 75.2 cm³/mol. The lowest BCUT2D eigenvalue weighted by Crippen LogP contribution is -2.33. The molecule has 1 aliphatic carbocycles. The van der Waals surface area contributed by atoms with Crippen LogP contribution in [0.25, 0.3) is 0 Å². The zero-order valence-corrected chi connectivity index (χ0v) is 11.9. The van der Waals surface area contributed by atoms with Crippen molar-refractivity contribution in [3.63, 3.8) is 0 Å². The Balaban J connectivity index is 1.74. The van der Waals surface area contributed by atoms with E-state index >= 15 is 0 Å². The first-order chi connectivity index (χ1) is 8.78. The zero-order valence-electron chi connectivity index (χ0n) is 11.1. The van der Waals surface area contributed by atoms with E-state index < -0.39 is 0 Å². The van der Waals surface area contributed by atoms with E-state index in [-0.39, 0.29) is 6.10 Å². The van der Waals surface area contributed by atoms with Crippen molar-refractivity contribution in [3.05, 3.63) is 10.6 Å². The third-order valence-corrected chi connectivity index (χ3v) is 5.57. The lowest BCUT2D eigenvalue weighted by Gasteiger charge is -2.31. The summed E-state index contributed by atoms with van der Waals surface area (Å²) in [5.41, 5.74) is 0.971. The molecule has 0 spiro atoms. The van der Waals surface area contributed by atoms with Gasteiger partial charge in [-0.05, 0) is 38.0 Å². The number of aliphatic hydroxyl groups is 1. The Hall–Kier alpha value is -0.610. The number of hydrogen-bond donors (Lipinski definition) is 1. The topological polar surface area (TPSA) is 36.4 Å². The Labute approximate surface area is 113 Å². The van der Waals surface area contributed by atoms with E-state index in [1.165, 1.54) is 24.1 Å². The summed E-state index contributed by atoms with van der Waals surface area (Å²) in [5.74, 6) is 0.904. The SMILES string of the molecule is CCC1CCN(c2nc3c(s2)CCCC3O)CC1. The van der Waals surface area contributed by atoms with Crippen LogP contribution in [-0.2, 0) is 6.42 Å². The largest absolute Gasteiger partial charge is 0.387 e. The van der Waals surface area contributed by atoms with Crippen LogP contribution in [0.15, 0.2) is 0 Å². The van der Waals surface area contributed by atoms with Crippen molar-refractivity contribution in [1.82, 2.24) is 4.98 Å². The maximum Gasteiger partial charge on any atom is 0.185 e. The number of rotatable bonds is 2. The standard InChI is InChI=1S/C14H22N2OS/c1-2-10-6-8-16(9-7-10)14-15-13-11(17)4-3-5-12(13)18-14/h10-11,17H,2-9H2,1H3. The van der Waals surface area contributed by atoms with Crippen molar-refractivity contribution in [2.24, 2.45) is 5.92 Å². The van der Waals surface area contributed by atoms with Gasteiger partial charge in [0.1, 0.15) is 0 Å². The van der Waals surface area contributed by atoms with Gasteiger partial charge in [0.15, 0.2) is 5.13 Å². The molecule has 0 bridgehead atoms. The lowest BCUT2D eigenvalue weighted by atomic mass is 9.95. The molecule has 3 nitrogen and oxygen atoms in total. The molecule has 0 radical (unpaired) electrons. The monoisotopic (exact) mass is 266 g/mol. The van der Waals surface area contributed by atoms with Gasteiger partial charge in [0, 0.05) is 18.0 Å². The maximum atomic E-state index is 9.98. The number of piperidine rings is 1. The molecule has 1 saturated heterocycles. The summed E-state index contributed by atoms with van der Waals surface area (Å²) < 4.78 is 0. The summed E-state index contributed by atoms with van der Waals surface area (Å²) in [6.45, 7) is 4.57. The molecule has 2 heterocycles. The summed E-state index contributed by atoms with van der Waals surface area (Å²) >= 11 is 1.81. The van der Waals surface area contributed by atoms with E-state index in [1.54, 1.807) is 0 Å². The second kappa shape index (κ2) is 5.17. The smallest absolute Gasteiger partial charge is 0.185 e. The van der Waals surface area contributed by atoms with Gasteiger partial charge in [0.25, 0.3) is 0 Å². The minimum atomic E-state index is -0.313. The van der Waals surface area contributed by atoms with Crippen molar-refractivity contribution in [3.8, 4) is 0 Å². The maximum absolute atomic E-state index is 9.98. The molecule has 1 aromatic heterocycles. The Morgan fingerprint density at radius 1 is 1.33 bits per heavy atom. The molecule has 0 saturated carbocycles. The fourth-order valence-electron chi connectivity index (χ4n) is 3.05. The summed E-state index contributed by atoms with van der Waals surface area (Å²) in [6.07, 6.45) is 6.68. The highest BCUT2D eigenvalue weighted by molar-refractivity contribution is 7.15. The van der Waals surface area contributed by atoms with Gasteiger partial charge in [0.2, 0.25) is 0 Å². The first-order valence-corrected chi connectivity index (χ1v) is 8.02. The minimum Gasteiger partial charge on any atom is -0.387 e. The van der Waals surface area contributed by atoms with Crippen LogP contribution in [-0.4, -0.2) is 23.2 Å². The molecule has 18 heavy (non-hydrogen) atoms. The third-order valence-electron chi connectivity index (χ3n) is 4.38. The fraction of sp³-hybridized carbons (Fsp3) is 0.786. The molecular formula is C14H22N2OS. The summed E-state index contributed by atoms with van der Waals surface area (Å²) in [4.78, 5) is 8.44. The van der Waals surface area contributed by atoms with Crippen molar-refractivity contribution in [2.75, 3.05) is 18.0 Å². The number of fused-ring (bicyclic) bond motifs is 1. The van der Waals surface area contributed by atoms with Crippen LogP contribution >= 0.6 is 11.3 Å². The molecule has 0 amide bonds.